The van der Waals surface area contributed by atoms with Crippen molar-refractivity contribution in [3.63, 3.8) is 0 Å². The molecule has 1 aromatic heterocycles. The van der Waals surface area contributed by atoms with Gasteiger partial charge in [0.1, 0.15) is 0 Å². The molecule has 0 bridgehead atoms. The summed E-state index contributed by atoms with van der Waals surface area (Å²) in [5, 5.41) is 7.91. The molecule has 0 spiro atoms. The van der Waals surface area contributed by atoms with Crippen molar-refractivity contribution in [2.75, 3.05) is 19.6 Å². The Labute approximate surface area is 126 Å². The molecule has 2 aromatic rings. The summed E-state index contributed by atoms with van der Waals surface area (Å²) in [6.07, 6.45) is 5.16. The zero-order valence-electron chi connectivity index (χ0n) is 12.9. The molecule has 1 N–H and O–H groups in total. The minimum absolute atomic E-state index is 0.441. The molecule has 1 aliphatic rings. The number of aromatic nitrogens is 2. The summed E-state index contributed by atoms with van der Waals surface area (Å²) in [7, 11) is 1.97. The van der Waals surface area contributed by atoms with Crippen LogP contribution in [-0.4, -0.2) is 40.4 Å². The van der Waals surface area contributed by atoms with Gasteiger partial charge in [-0.15, -0.1) is 0 Å². The molecule has 0 aliphatic carbocycles. The molecule has 112 valence electrons. The topological polar surface area (TPSA) is 33.1 Å². The fraction of sp³-hybridized carbons (Fsp3) is 0.471. The van der Waals surface area contributed by atoms with Crippen molar-refractivity contribution in [3.8, 4) is 0 Å². The van der Waals surface area contributed by atoms with Gasteiger partial charge in [-0.2, -0.15) is 5.10 Å². The molecule has 2 atom stereocenters. The van der Waals surface area contributed by atoms with Gasteiger partial charge in [-0.05, 0) is 24.5 Å². The number of hydrogen-bond donors (Lipinski definition) is 1. The van der Waals surface area contributed by atoms with E-state index in [4.69, 9.17) is 0 Å². The van der Waals surface area contributed by atoms with Crippen molar-refractivity contribution < 1.29 is 0 Å². The molecular weight excluding hydrogens is 260 g/mol. The number of nitrogens with one attached hydrogen (secondary N) is 1. The molecule has 1 saturated heterocycles. The third-order valence-electron chi connectivity index (χ3n) is 4.35. The van der Waals surface area contributed by atoms with Crippen LogP contribution in [0.1, 0.15) is 24.1 Å². The maximum Gasteiger partial charge on any atom is 0.0522 e. The molecule has 0 radical (unpaired) electrons. The number of benzene rings is 1. The number of hydrogen-bond acceptors (Lipinski definition) is 3. The van der Waals surface area contributed by atoms with Crippen LogP contribution in [0.5, 0.6) is 0 Å². The Balaban J connectivity index is 1.61. The zero-order valence-corrected chi connectivity index (χ0v) is 12.9. The molecule has 2 heterocycles. The largest absolute Gasteiger partial charge is 0.307 e. The average Bonchev–Trinajstić information content (AvgIpc) is 2.93. The van der Waals surface area contributed by atoms with Gasteiger partial charge in [-0.3, -0.25) is 9.58 Å². The number of nitrogens with zero attached hydrogens (tertiary/aromatic N) is 3. The minimum Gasteiger partial charge on any atom is -0.307 e. The Kier molecular flexibility index (Phi) is 4.36. The number of aryl methyl sites for hydroxylation is 1. The van der Waals surface area contributed by atoms with E-state index in [1.165, 1.54) is 11.1 Å². The van der Waals surface area contributed by atoms with Gasteiger partial charge in [0.2, 0.25) is 0 Å². The summed E-state index contributed by atoms with van der Waals surface area (Å²) in [6.45, 7) is 5.52. The van der Waals surface area contributed by atoms with Crippen LogP contribution in [0.3, 0.4) is 0 Å². The highest BCUT2D eigenvalue weighted by Crippen LogP contribution is 2.20. The Morgan fingerprint density at radius 3 is 2.81 bits per heavy atom. The van der Waals surface area contributed by atoms with Crippen molar-refractivity contribution in [2.45, 2.75) is 25.4 Å². The van der Waals surface area contributed by atoms with Gasteiger partial charge in [0.15, 0.2) is 0 Å². The van der Waals surface area contributed by atoms with E-state index in [0.717, 1.165) is 26.1 Å². The molecule has 4 heteroatoms. The van der Waals surface area contributed by atoms with Gasteiger partial charge in [0, 0.05) is 45.0 Å². The van der Waals surface area contributed by atoms with Crippen LogP contribution >= 0.6 is 0 Å². The molecule has 0 amide bonds. The molecule has 4 nitrogen and oxygen atoms in total. The molecule has 2 unspecified atom stereocenters. The molecule has 0 saturated carbocycles. The molecule has 1 aromatic carbocycles. The Hall–Kier alpha value is -1.65. The first-order valence-corrected chi connectivity index (χ1v) is 7.72. The van der Waals surface area contributed by atoms with E-state index in [0.29, 0.717) is 12.1 Å². The summed E-state index contributed by atoms with van der Waals surface area (Å²) in [4.78, 5) is 2.58. The second kappa shape index (κ2) is 6.41. The molecule has 1 fully saturated rings. The van der Waals surface area contributed by atoms with Crippen molar-refractivity contribution in [1.82, 2.24) is 20.0 Å². The van der Waals surface area contributed by atoms with Crippen LogP contribution in [0.15, 0.2) is 42.7 Å². The highest BCUT2D eigenvalue weighted by Gasteiger charge is 2.25. The minimum atomic E-state index is 0.441. The molecule has 1 aliphatic heterocycles. The standard InChI is InChI=1S/C17H24N4/c1-14-10-18-17(16-6-4-3-5-7-16)13-21(14)9-8-15-11-19-20(2)12-15/h3-7,11-12,14,17-18H,8-10,13H2,1-2H3. The van der Waals surface area contributed by atoms with Crippen LogP contribution in [-0.2, 0) is 13.5 Å². The highest BCUT2D eigenvalue weighted by molar-refractivity contribution is 5.20. The van der Waals surface area contributed by atoms with E-state index in [1.54, 1.807) is 0 Å². The van der Waals surface area contributed by atoms with Gasteiger partial charge >= 0.3 is 0 Å². The number of piperazine rings is 1. The third kappa shape index (κ3) is 3.52. The van der Waals surface area contributed by atoms with E-state index in [1.807, 2.05) is 17.9 Å². The first-order chi connectivity index (χ1) is 10.2. The lowest BCUT2D eigenvalue weighted by Gasteiger charge is -2.39. The summed E-state index contributed by atoms with van der Waals surface area (Å²) in [5.74, 6) is 0. The number of rotatable bonds is 4. The van der Waals surface area contributed by atoms with Gasteiger partial charge in [0.25, 0.3) is 0 Å². The maximum absolute atomic E-state index is 4.25. The summed E-state index contributed by atoms with van der Waals surface area (Å²) < 4.78 is 1.88. The SMILES string of the molecule is CC1CNC(c2ccccc2)CN1CCc1cnn(C)c1. The van der Waals surface area contributed by atoms with Crippen LogP contribution in [0, 0.1) is 0 Å². The van der Waals surface area contributed by atoms with Gasteiger partial charge in [-0.25, -0.2) is 0 Å². The highest BCUT2D eigenvalue weighted by atomic mass is 15.2. The predicted octanol–water partition coefficient (Wildman–Crippen LogP) is 2.00. The van der Waals surface area contributed by atoms with Crippen molar-refractivity contribution in [2.24, 2.45) is 7.05 Å². The normalized spacial score (nSPS) is 23.3. The van der Waals surface area contributed by atoms with Crippen molar-refractivity contribution in [3.05, 3.63) is 53.9 Å². The average molecular weight is 284 g/mol. The fourth-order valence-corrected chi connectivity index (χ4v) is 3.01. The van der Waals surface area contributed by atoms with Gasteiger partial charge in [-0.1, -0.05) is 30.3 Å². The van der Waals surface area contributed by atoms with Crippen LogP contribution in [0.2, 0.25) is 0 Å². The van der Waals surface area contributed by atoms with Crippen LogP contribution < -0.4 is 5.32 Å². The third-order valence-corrected chi connectivity index (χ3v) is 4.35. The maximum atomic E-state index is 4.25. The Morgan fingerprint density at radius 1 is 1.29 bits per heavy atom. The van der Waals surface area contributed by atoms with E-state index >= 15 is 0 Å². The first-order valence-electron chi connectivity index (χ1n) is 7.72. The summed E-state index contributed by atoms with van der Waals surface area (Å²) in [5.41, 5.74) is 2.70. The van der Waals surface area contributed by atoms with Crippen molar-refractivity contribution in [1.29, 1.82) is 0 Å². The Bertz CT molecular complexity index is 563. The van der Waals surface area contributed by atoms with E-state index in [2.05, 4.69) is 58.8 Å². The lowest BCUT2D eigenvalue weighted by atomic mass is 10.0. The first kappa shape index (κ1) is 14.3. The summed E-state index contributed by atoms with van der Waals surface area (Å²) >= 11 is 0. The van der Waals surface area contributed by atoms with Gasteiger partial charge < -0.3 is 5.32 Å². The van der Waals surface area contributed by atoms with Crippen LogP contribution in [0.25, 0.3) is 0 Å². The zero-order chi connectivity index (χ0) is 14.7. The van der Waals surface area contributed by atoms with E-state index < -0.39 is 0 Å². The van der Waals surface area contributed by atoms with Crippen molar-refractivity contribution >= 4 is 0 Å². The fourth-order valence-electron chi connectivity index (χ4n) is 3.01. The van der Waals surface area contributed by atoms with Crippen LogP contribution in [0.4, 0.5) is 0 Å². The Morgan fingerprint density at radius 2 is 2.10 bits per heavy atom. The molecule has 3 rings (SSSR count). The second-order valence-electron chi connectivity index (χ2n) is 5.99. The monoisotopic (exact) mass is 284 g/mol. The lowest BCUT2D eigenvalue weighted by Crippen LogP contribution is -2.51. The quantitative estimate of drug-likeness (QED) is 0.932. The second-order valence-corrected chi connectivity index (χ2v) is 5.99. The van der Waals surface area contributed by atoms with E-state index in [9.17, 15) is 0 Å². The lowest BCUT2D eigenvalue weighted by molar-refractivity contribution is 0.143. The predicted molar refractivity (Wildman–Crippen MR) is 85.1 cm³/mol. The molecule has 21 heavy (non-hydrogen) atoms. The summed E-state index contributed by atoms with van der Waals surface area (Å²) in [6, 6.07) is 11.8. The smallest absolute Gasteiger partial charge is 0.0522 e. The van der Waals surface area contributed by atoms with E-state index in [-0.39, 0.29) is 0 Å². The molecular formula is C17H24N4. The van der Waals surface area contributed by atoms with Gasteiger partial charge in [0.05, 0.1) is 6.20 Å².